The zero-order chi connectivity index (χ0) is 24.4. The third kappa shape index (κ3) is 5.03. The van der Waals surface area contributed by atoms with Gasteiger partial charge in [0, 0.05) is 38.1 Å². The molecule has 5 rings (SSSR count). The molecule has 0 spiro atoms. The predicted octanol–water partition coefficient (Wildman–Crippen LogP) is 1.36. The molecule has 12 heteroatoms. The predicted molar refractivity (Wildman–Crippen MR) is 128 cm³/mol. The molecule has 1 aliphatic rings. The van der Waals surface area contributed by atoms with Crippen LogP contribution in [0.15, 0.2) is 43.0 Å². The molecule has 180 valence electrons. The van der Waals surface area contributed by atoms with E-state index < -0.39 is 5.91 Å². The van der Waals surface area contributed by atoms with E-state index in [-0.39, 0.29) is 18.3 Å². The van der Waals surface area contributed by atoms with Crippen molar-refractivity contribution >= 4 is 28.8 Å². The van der Waals surface area contributed by atoms with E-state index in [1.165, 1.54) is 0 Å². The highest BCUT2D eigenvalue weighted by molar-refractivity contribution is 6.03. The summed E-state index contributed by atoms with van der Waals surface area (Å²) in [5.41, 5.74) is 3.98. The van der Waals surface area contributed by atoms with Crippen molar-refractivity contribution in [1.29, 1.82) is 0 Å². The van der Waals surface area contributed by atoms with E-state index in [4.69, 9.17) is 4.74 Å². The van der Waals surface area contributed by atoms with E-state index in [9.17, 15) is 9.59 Å². The quantitative estimate of drug-likeness (QED) is 0.427. The van der Waals surface area contributed by atoms with Gasteiger partial charge in [-0.05, 0) is 30.7 Å². The summed E-state index contributed by atoms with van der Waals surface area (Å²) in [7, 11) is 1.85. The summed E-state index contributed by atoms with van der Waals surface area (Å²) >= 11 is 0. The average Bonchev–Trinajstić information content (AvgIpc) is 3.47. The highest BCUT2D eigenvalue weighted by Gasteiger charge is 2.18. The first-order chi connectivity index (χ1) is 17.0. The van der Waals surface area contributed by atoms with Gasteiger partial charge in [0.2, 0.25) is 11.7 Å². The number of nitrogens with one attached hydrogen (secondary N) is 2. The number of carbonyl (C=O) groups is 2. The van der Waals surface area contributed by atoms with Crippen LogP contribution in [-0.4, -0.2) is 78.9 Å². The third-order valence-corrected chi connectivity index (χ3v) is 5.74. The van der Waals surface area contributed by atoms with Gasteiger partial charge in [0.05, 0.1) is 49.2 Å². The third-order valence-electron chi connectivity index (χ3n) is 5.74. The minimum Gasteiger partial charge on any atom is -0.379 e. The molecule has 0 saturated carbocycles. The van der Waals surface area contributed by atoms with Gasteiger partial charge in [0.25, 0.3) is 5.91 Å². The molecule has 1 saturated heterocycles. The van der Waals surface area contributed by atoms with Gasteiger partial charge in [-0.2, -0.15) is 5.10 Å². The molecule has 12 nitrogen and oxygen atoms in total. The lowest BCUT2D eigenvalue weighted by Gasteiger charge is -2.25. The van der Waals surface area contributed by atoms with E-state index >= 15 is 0 Å². The van der Waals surface area contributed by atoms with Crippen LogP contribution in [0.2, 0.25) is 0 Å². The minimum atomic E-state index is -0.437. The van der Waals surface area contributed by atoms with Crippen LogP contribution in [0.1, 0.15) is 16.3 Å². The van der Waals surface area contributed by atoms with Gasteiger partial charge in [-0.3, -0.25) is 28.6 Å². The van der Waals surface area contributed by atoms with Crippen LogP contribution >= 0.6 is 0 Å². The van der Waals surface area contributed by atoms with Crippen molar-refractivity contribution in [2.24, 2.45) is 7.05 Å². The fourth-order valence-electron chi connectivity index (χ4n) is 3.86. The summed E-state index contributed by atoms with van der Waals surface area (Å²) in [6.07, 6.45) is 6.98. The van der Waals surface area contributed by atoms with Crippen LogP contribution in [0.25, 0.3) is 16.8 Å². The lowest BCUT2D eigenvalue weighted by molar-refractivity contribution is -0.118. The Labute approximate surface area is 200 Å². The Bertz CT molecular complexity index is 1390. The number of hydrogen-bond donors (Lipinski definition) is 2. The van der Waals surface area contributed by atoms with Crippen LogP contribution in [0, 0.1) is 6.92 Å². The van der Waals surface area contributed by atoms with Gasteiger partial charge >= 0.3 is 0 Å². The molecule has 2 N–H and O–H groups in total. The van der Waals surface area contributed by atoms with E-state index in [0.717, 1.165) is 24.2 Å². The molecule has 0 bridgehead atoms. The van der Waals surface area contributed by atoms with Crippen molar-refractivity contribution in [3.05, 3.63) is 54.5 Å². The molecule has 0 unspecified atom stereocenters. The van der Waals surface area contributed by atoms with Gasteiger partial charge in [-0.15, -0.1) is 10.2 Å². The first-order valence-electron chi connectivity index (χ1n) is 11.2. The van der Waals surface area contributed by atoms with Crippen molar-refractivity contribution in [2.75, 3.05) is 43.5 Å². The molecule has 35 heavy (non-hydrogen) atoms. The maximum atomic E-state index is 13.0. The maximum absolute atomic E-state index is 13.0. The number of pyridine rings is 2. The Morgan fingerprint density at radius 2 is 1.91 bits per heavy atom. The summed E-state index contributed by atoms with van der Waals surface area (Å²) in [5, 5.41) is 18.1. The molecule has 4 aromatic rings. The van der Waals surface area contributed by atoms with Crippen LogP contribution < -0.4 is 10.6 Å². The summed E-state index contributed by atoms with van der Waals surface area (Å²) in [4.78, 5) is 31.8. The number of rotatable bonds is 6. The van der Waals surface area contributed by atoms with Crippen molar-refractivity contribution in [3.8, 4) is 11.1 Å². The van der Waals surface area contributed by atoms with Crippen LogP contribution in [0.4, 0.5) is 11.4 Å². The number of amides is 2. The number of morpholine rings is 1. The lowest BCUT2D eigenvalue weighted by atomic mass is 10.1. The average molecular weight is 476 g/mol. The zero-order valence-electron chi connectivity index (χ0n) is 19.4. The second-order valence-electron chi connectivity index (χ2n) is 8.32. The second kappa shape index (κ2) is 9.60. The number of carbonyl (C=O) groups excluding carboxylic acids is 2. The molecule has 0 radical (unpaired) electrons. The van der Waals surface area contributed by atoms with Gasteiger partial charge in [-0.1, -0.05) is 0 Å². The van der Waals surface area contributed by atoms with Gasteiger partial charge in [0.1, 0.15) is 0 Å². The number of hydrogen-bond acceptors (Lipinski definition) is 8. The Morgan fingerprint density at radius 1 is 1.09 bits per heavy atom. The number of anilines is 2. The van der Waals surface area contributed by atoms with E-state index in [1.54, 1.807) is 40.7 Å². The summed E-state index contributed by atoms with van der Waals surface area (Å²) in [5.74, 6) is -0.449. The zero-order valence-corrected chi connectivity index (χ0v) is 19.4. The Balaban J connectivity index is 1.29. The molecular formula is C23H25N9O3. The lowest BCUT2D eigenvalue weighted by Crippen LogP contribution is -2.41. The summed E-state index contributed by atoms with van der Waals surface area (Å²) in [6.45, 7) is 4.73. The molecular weight excluding hydrogens is 450 g/mol. The fourth-order valence-corrected chi connectivity index (χ4v) is 3.86. The van der Waals surface area contributed by atoms with E-state index in [2.05, 4.69) is 30.9 Å². The first kappa shape index (κ1) is 22.6. The highest BCUT2D eigenvalue weighted by atomic mass is 16.5. The molecule has 1 aliphatic heterocycles. The molecule has 2 amide bonds. The van der Waals surface area contributed by atoms with Gasteiger partial charge in [-0.25, -0.2) is 0 Å². The molecule has 0 aromatic carbocycles. The first-order valence-corrected chi connectivity index (χ1v) is 11.2. The number of ether oxygens (including phenoxy) is 1. The number of aryl methyl sites for hydroxylation is 2. The van der Waals surface area contributed by atoms with Crippen molar-refractivity contribution in [2.45, 2.75) is 6.92 Å². The van der Waals surface area contributed by atoms with Gasteiger partial charge in [0.15, 0.2) is 5.65 Å². The van der Waals surface area contributed by atoms with Gasteiger partial charge < -0.3 is 15.4 Å². The van der Waals surface area contributed by atoms with Crippen LogP contribution in [-0.2, 0) is 16.6 Å². The fraction of sp³-hybridized carbons (Fsp3) is 0.304. The molecule has 0 atom stereocenters. The number of fused-ring (bicyclic) bond motifs is 1. The molecule has 4 aromatic heterocycles. The Kier molecular flexibility index (Phi) is 6.21. The van der Waals surface area contributed by atoms with Crippen LogP contribution in [0.5, 0.6) is 0 Å². The van der Waals surface area contributed by atoms with E-state index in [0.29, 0.717) is 35.9 Å². The normalized spacial score (nSPS) is 14.2. The summed E-state index contributed by atoms with van der Waals surface area (Å²) < 4.78 is 8.65. The molecule has 0 aliphatic carbocycles. The topological polar surface area (TPSA) is 132 Å². The second-order valence-corrected chi connectivity index (χ2v) is 8.32. The largest absolute Gasteiger partial charge is 0.379 e. The smallest absolute Gasteiger partial charge is 0.294 e. The molecule has 5 heterocycles. The van der Waals surface area contributed by atoms with Crippen molar-refractivity contribution < 1.29 is 14.3 Å². The summed E-state index contributed by atoms with van der Waals surface area (Å²) in [6, 6.07) is 5.40. The van der Waals surface area contributed by atoms with Crippen molar-refractivity contribution in [1.82, 2.24) is 34.3 Å². The monoisotopic (exact) mass is 475 g/mol. The van der Waals surface area contributed by atoms with Crippen molar-refractivity contribution in [3.63, 3.8) is 0 Å². The standard InChI is InChI=1S/C23H25N9O3/c1-15-19(10-18(12-24-15)26-21(33)14-31-5-7-35-8-6-31)27-23(34)22-29-28-20-9-16(3-4-32(20)22)17-11-25-30(2)13-17/h3-4,9-13H,5-8,14H2,1-2H3,(H,26,33)(H,27,34). The Hall–Kier alpha value is -4.16. The van der Waals surface area contributed by atoms with Crippen LogP contribution in [0.3, 0.4) is 0 Å². The maximum Gasteiger partial charge on any atom is 0.294 e. The highest BCUT2D eigenvalue weighted by Crippen LogP contribution is 2.21. The Morgan fingerprint density at radius 3 is 2.69 bits per heavy atom. The molecule has 1 fully saturated rings. The SMILES string of the molecule is Cc1ncc(NC(=O)CN2CCOCC2)cc1NC(=O)c1nnc2cc(-c3cnn(C)c3)ccn12. The minimum absolute atomic E-state index is 0.138. The number of nitrogens with zero attached hydrogens (tertiary/aromatic N) is 7. The number of aromatic nitrogens is 6. The van der Waals surface area contributed by atoms with E-state index in [1.807, 2.05) is 30.3 Å².